The van der Waals surface area contributed by atoms with Gasteiger partial charge in [0.1, 0.15) is 11.2 Å². The Labute approximate surface area is 341 Å². The average Bonchev–Trinajstić information content (AvgIpc) is 3.86. The van der Waals surface area contributed by atoms with E-state index in [0.29, 0.717) is 0 Å². The van der Waals surface area contributed by atoms with Gasteiger partial charge >= 0.3 is 0 Å². The Kier molecular flexibility index (Phi) is 7.54. The summed E-state index contributed by atoms with van der Waals surface area (Å²) >= 11 is 0. The van der Waals surface area contributed by atoms with Gasteiger partial charge in [0, 0.05) is 44.2 Å². The number of nitrogens with zero attached hydrogens (tertiary/aromatic N) is 2. The van der Waals surface area contributed by atoms with Crippen molar-refractivity contribution < 1.29 is 4.42 Å². The topological polar surface area (TPSA) is 21.3 Å². The predicted molar refractivity (Wildman–Crippen MR) is 249 cm³/mol. The largest absolute Gasteiger partial charge is 0.456 e. The number of para-hydroxylation sites is 4. The van der Waals surface area contributed by atoms with Gasteiger partial charge in [-0.3, -0.25) is 0 Å². The predicted octanol–water partition coefficient (Wildman–Crippen LogP) is 15.8. The first-order valence-corrected chi connectivity index (χ1v) is 20.2. The SMILES string of the molecule is c1ccc(N(c2ccc(-c3ccc4c(ccc5ccccc54)c3)cc2)c2ccc(-n3c4ccccc4c4ccccc43)cc2)c(-c2cccc3oc4ccccc4c23)c1. The van der Waals surface area contributed by atoms with E-state index in [2.05, 4.69) is 222 Å². The molecule has 0 aliphatic rings. The van der Waals surface area contributed by atoms with E-state index >= 15 is 0 Å². The Hall–Kier alpha value is -7.88. The van der Waals surface area contributed by atoms with E-state index < -0.39 is 0 Å². The second-order valence-corrected chi connectivity index (χ2v) is 15.3. The molecule has 10 aromatic carbocycles. The molecular formula is C56H36N2O. The summed E-state index contributed by atoms with van der Waals surface area (Å²) in [4.78, 5) is 2.39. The van der Waals surface area contributed by atoms with Gasteiger partial charge in [0.2, 0.25) is 0 Å². The molecule has 0 atom stereocenters. The molecule has 0 bridgehead atoms. The van der Waals surface area contributed by atoms with Gasteiger partial charge in [0.15, 0.2) is 0 Å². The number of fused-ring (bicyclic) bond motifs is 9. The Morgan fingerprint density at radius 2 is 0.915 bits per heavy atom. The molecule has 2 aromatic heterocycles. The van der Waals surface area contributed by atoms with Gasteiger partial charge in [-0.15, -0.1) is 0 Å². The molecule has 0 fully saturated rings. The van der Waals surface area contributed by atoms with Crippen LogP contribution in [0.1, 0.15) is 0 Å². The highest BCUT2D eigenvalue weighted by atomic mass is 16.3. The van der Waals surface area contributed by atoms with Gasteiger partial charge in [-0.1, -0.05) is 146 Å². The highest BCUT2D eigenvalue weighted by Gasteiger charge is 2.21. The lowest BCUT2D eigenvalue weighted by atomic mass is 9.96. The summed E-state index contributed by atoms with van der Waals surface area (Å²) in [6.45, 7) is 0. The lowest BCUT2D eigenvalue weighted by Crippen LogP contribution is -2.11. The van der Waals surface area contributed by atoms with Crippen molar-refractivity contribution in [3.05, 3.63) is 218 Å². The number of anilines is 3. The monoisotopic (exact) mass is 752 g/mol. The molecule has 2 heterocycles. The Morgan fingerprint density at radius 3 is 1.69 bits per heavy atom. The average molecular weight is 753 g/mol. The minimum atomic E-state index is 0.883. The van der Waals surface area contributed by atoms with Crippen LogP contribution in [0.5, 0.6) is 0 Å². The summed E-state index contributed by atoms with van der Waals surface area (Å²) in [5.41, 5.74) is 13.1. The molecule has 3 heteroatoms. The third-order valence-corrected chi connectivity index (χ3v) is 12.0. The van der Waals surface area contributed by atoms with E-state index in [0.717, 1.165) is 55.8 Å². The maximum atomic E-state index is 6.38. The van der Waals surface area contributed by atoms with Crippen molar-refractivity contribution in [2.24, 2.45) is 0 Å². The second-order valence-electron chi connectivity index (χ2n) is 15.3. The van der Waals surface area contributed by atoms with Crippen molar-refractivity contribution in [2.75, 3.05) is 4.90 Å². The minimum Gasteiger partial charge on any atom is -0.456 e. The van der Waals surface area contributed by atoms with Crippen molar-refractivity contribution >= 4 is 82.4 Å². The molecule has 0 spiro atoms. The first-order valence-electron chi connectivity index (χ1n) is 20.2. The molecule has 0 saturated heterocycles. The lowest BCUT2D eigenvalue weighted by molar-refractivity contribution is 0.669. The molecule has 0 unspecified atom stereocenters. The number of aromatic nitrogens is 1. The molecule has 0 saturated carbocycles. The fraction of sp³-hybridized carbons (Fsp3) is 0. The van der Waals surface area contributed by atoms with Crippen LogP contribution in [0.15, 0.2) is 223 Å². The van der Waals surface area contributed by atoms with E-state index in [9.17, 15) is 0 Å². The van der Waals surface area contributed by atoms with E-state index in [-0.39, 0.29) is 0 Å². The zero-order valence-corrected chi connectivity index (χ0v) is 32.1. The van der Waals surface area contributed by atoms with Crippen molar-refractivity contribution in [1.29, 1.82) is 0 Å². The summed E-state index contributed by atoms with van der Waals surface area (Å²) in [6, 6.07) is 78.8. The summed E-state index contributed by atoms with van der Waals surface area (Å²) in [6.07, 6.45) is 0. The van der Waals surface area contributed by atoms with Crippen LogP contribution in [0.2, 0.25) is 0 Å². The fourth-order valence-electron chi connectivity index (χ4n) is 9.27. The lowest BCUT2D eigenvalue weighted by Gasteiger charge is -2.28. The fourth-order valence-corrected chi connectivity index (χ4v) is 9.27. The Morgan fingerprint density at radius 1 is 0.356 bits per heavy atom. The van der Waals surface area contributed by atoms with Crippen LogP contribution in [-0.2, 0) is 0 Å². The number of rotatable bonds is 6. The zero-order valence-electron chi connectivity index (χ0n) is 32.1. The van der Waals surface area contributed by atoms with Gasteiger partial charge in [-0.2, -0.15) is 0 Å². The molecule has 0 amide bonds. The standard InChI is InChI=1S/C56H36N2O/c1-2-13-44-38(12-1)24-25-40-36-39(28-35-45(40)44)37-26-29-41(30-27-37)57(42-31-33-43(34-32-42)58-52-20-8-3-14-46(52)47-15-4-9-21-53(47)58)51-19-7-5-16-48(51)49-18-11-23-55-56(49)50-17-6-10-22-54(50)59-55/h1-36H. The van der Waals surface area contributed by atoms with E-state index in [1.165, 1.54) is 54.5 Å². The van der Waals surface area contributed by atoms with Crippen molar-refractivity contribution in [2.45, 2.75) is 0 Å². The van der Waals surface area contributed by atoms with Crippen molar-refractivity contribution in [3.63, 3.8) is 0 Å². The molecule has 276 valence electrons. The molecular weight excluding hydrogens is 717 g/mol. The molecule has 0 aliphatic carbocycles. The van der Waals surface area contributed by atoms with Crippen LogP contribution in [0.3, 0.4) is 0 Å². The number of hydrogen-bond donors (Lipinski definition) is 0. The summed E-state index contributed by atoms with van der Waals surface area (Å²) in [7, 11) is 0. The quantitative estimate of drug-likeness (QED) is 0.158. The van der Waals surface area contributed by atoms with E-state index in [4.69, 9.17) is 4.42 Å². The van der Waals surface area contributed by atoms with E-state index in [1.807, 2.05) is 6.07 Å². The Bertz CT molecular complexity index is 3500. The molecule has 3 nitrogen and oxygen atoms in total. The van der Waals surface area contributed by atoms with Gasteiger partial charge in [0.05, 0.1) is 16.7 Å². The second kappa shape index (κ2) is 13.4. The Balaban J connectivity index is 1.02. The zero-order chi connectivity index (χ0) is 38.9. The molecule has 0 radical (unpaired) electrons. The first-order chi connectivity index (χ1) is 29.3. The maximum absolute atomic E-state index is 6.38. The molecule has 0 N–H and O–H groups in total. The molecule has 12 rings (SSSR count). The number of hydrogen-bond acceptors (Lipinski definition) is 2. The van der Waals surface area contributed by atoms with Gasteiger partial charge in [0.25, 0.3) is 0 Å². The maximum Gasteiger partial charge on any atom is 0.136 e. The molecule has 59 heavy (non-hydrogen) atoms. The van der Waals surface area contributed by atoms with Crippen LogP contribution >= 0.6 is 0 Å². The van der Waals surface area contributed by atoms with Gasteiger partial charge < -0.3 is 13.9 Å². The van der Waals surface area contributed by atoms with Crippen LogP contribution in [-0.4, -0.2) is 4.57 Å². The highest BCUT2D eigenvalue weighted by molar-refractivity contribution is 6.14. The summed E-state index contributed by atoms with van der Waals surface area (Å²) < 4.78 is 8.75. The highest BCUT2D eigenvalue weighted by Crippen LogP contribution is 2.45. The van der Waals surface area contributed by atoms with Crippen molar-refractivity contribution in [3.8, 4) is 27.9 Å². The van der Waals surface area contributed by atoms with E-state index in [1.54, 1.807) is 0 Å². The molecule has 12 aromatic rings. The molecule has 0 aliphatic heterocycles. The number of furan rings is 1. The van der Waals surface area contributed by atoms with Crippen LogP contribution in [0.4, 0.5) is 17.1 Å². The third-order valence-electron chi connectivity index (χ3n) is 12.0. The van der Waals surface area contributed by atoms with Gasteiger partial charge in [-0.05, 0) is 111 Å². The minimum absolute atomic E-state index is 0.883. The van der Waals surface area contributed by atoms with Crippen molar-refractivity contribution in [1.82, 2.24) is 4.57 Å². The van der Waals surface area contributed by atoms with Crippen LogP contribution in [0, 0.1) is 0 Å². The smallest absolute Gasteiger partial charge is 0.136 e. The first kappa shape index (κ1) is 33.3. The normalized spacial score (nSPS) is 11.7. The van der Waals surface area contributed by atoms with Gasteiger partial charge in [-0.25, -0.2) is 0 Å². The van der Waals surface area contributed by atoms with Crippen LogP contribution < -0.4 is 4.90 Å². The third kappa shape index (κ3) is 5.36. The summed E-state index contributed by atoms with van der Waals surface area (Å²) in [5.74, 6) is 0. The van der Waals surface area contributed by atoms with Crippen LogP contribution in [0.25, 0.3) is 93.2 Å². The summed E-state index contributed by atoms with van der Waals surface area (Å²) in [5, 5.41) is 9.80. The number of benzene rings is 10.